The third-order valence-corrected chi connectivity index (χ3v) is 2.40. The summed E-state index contributed by atoms with van der Waals surface area (Å²) in [5.74, 6) is 0. The number of halogens is 2. The van der Waals surface area contributed by atoms with Crippen LogP contribution in [0, 0.1) is 0 Å². The predicted molar refractivity (Wildman–Crippen MR) is 60.6 cm³/mol. The molecule has 0 aliphatic heterocycles. The molecule has 80 valence electrons. The minimum atomic E-state index is -0.658. The molecule has 0 radical (unpaired) electrons. The van der Waals surface area contributed by atoms with E-state index < -0.39 is 6.09 Å². The van der Waals surface area contributed by atoms with Crippen LogP contribution in [0.4, 0.5) is 4.79 Å². The lowest BCUT2D eigenvalue weighted by atomic mass is 10.2. The van der Waals surface area contributed by atoms with Crippen molar-refractivity contribution in [2.75, 3.05) is 7.11 Å². The van der Waals surface area contributed by atoms with Crippen molar-refractivity contribution in [3.63, 3.8) is 0 Å². The molecule has 0 saturated carbocycles. The minimum absolute atomic E-state index is 0.0368. The molecule has 15 heavy (non-hydrogen) atoms. The lowest BCUT2D eigenvalue weighted by Crippen LogP contribution is -2.20. The van der Waals surface area contributed by atoms with E-state index in [-0.39, 0.29) is 10.2 Å². The molecule has 3 nitrogen and oxygen atoms in total. The molecule has 0 atom stereocenters. The first-order chi connectivity index (χ1) is 7.15. The van der Waals surface area contributed by atoms with Crippen LogP contribution in [0.1, 0.15) is 5.56 Å². The summed E-state index contributed by atoms with van der Waals surface area (Å²) in [6.07, 6.45) is -0.658. The van der Waals surface area contributed by atoms with Crippen molar-refractivity contribution < 1.29 is 9.53 Å². The molecule has 0 saturated heterocycles. The highest BCUT2D eigenvalue weighted by Gasteiger charge is 2.07. The normalized spacial score (nSPS) is 11.7. The van der Waals surface area contributed by atoms with E-state index >= 15 is 0 Å². The molecular formula is C10H9Cl2NO2. The fraction of sp³-hybridized carbons (Fsp3) is 0.100. The second-order valence-electron chi connectivity index (χ2n) is 2.61. The second-order valence-corrected chi connectivity index (χ2v) is 3.37. The topological polar surface area (TPSA) is 38.3 Å². The molecule has 0 aliphatic rings. The van der Waals surface area contributed by atoms with Crippen molar-refractivity contribution in [3.8, 4) is 0 Å². The van der Waals surface area contributed by atoms with Crippen LogP contribution in [-0.2, 0) is 4.74 Å². The standard InChI is InChI=1S/C10H9Cl2NO2/c1-15-10(14)13-9(12)8(11)7-5-3-2-4-6-7/h2-6H,1H3,(H,13,14)/b9-8+. The van der Waals surface area contributed by atoms with Crippen LogP contribution in [0.3, 0.4) is 0 Å². The summed E-state index contributed by atoms with van der Waals surface area (Å²) in [5.41, 5.74) is 0.723. The van der Waals surface area contributed by atoms with E-state index in [4.69, 9.17) is 23.2 Å². The zero-order valence-electron chi connectivity index (χ0n) is 7.96. The van der Waals surface area contributed by atoms with Gasteiger partial charge in [-0.1, -0.05) is 53.5 Å². The smallest absolute Gasteiger partial charge is 0.412 e. The third kappa shape index (κ3) is 3.46. The highest BCUT2D eigenvalue weighted by Crippen LogP contribution is 2.23. The lowest BCUT2D eigenvalue weighted by molar-refractivity contribution is 0.175. The molecule has 1 aromatic rings. The second kappa shape index (κ2) is 5.63. The van der Waals surface area contributed by atoms with Gasteiger partial charge in [0.25, 0.3) is 0 Å². The summed E-state index contributed by atoms with van der Waals surface area (Å²) in [4.78, 5) is 10.8. The molecule has 5 heteroatoms. The molecule has 0 spiro atoms. The van der Waals surface area contributed by atoms with Gasteiger partial charge in [0.1, 0.15) is 5.16 Å². The van der Waals surface area contributed by atoms with E-state index in [1.165, 1.54) is 7.11 Å². The summed E-state index contributed by atoms with van der Waals surface area (Å²) in [5, 5.41) is 2.58. The van der Waals surface area contributed by atoms with Gasteiger partial charge in [-0.05, 0) is 5.56 Å². The van der Waals surface area contributed by atoms with Crippen molar-refractivity contribution in [3.05, 3.63) is 41.1 Å². The molecule has 1 N–H and O–H groups in total. The van der Waals surface area contributed by atoms with Crippen molar-refractivity contribution in [1.82, 2.24) is 5.32 Å². The first-order valence-electron chi connectivity index (χ1n) is 4.11. The van der Waals surface area contributed by atoms with Crippen LogP contribution in [0.15, 0.2) is 35.5 Å². The maximum absolute atomic E-state index is 10.8. The minimum Gasteiger partial charge on any atom is -0.453 e. The summed E-state index contributed by atoms with van der Waals surface area (Å²) >= 11 is 11.7. The Balaban J connectivity index is 2.86. The number of nitrogens with one attached hydrogen (secondary N) is 1. The highest BCUT2D eigenvalue weighted by atomic mass is 35.5. The van der Waals surface area contributed by atoms with Gasteiger partial charge < -0.3 is 4.74 Å². The van der Waals surface area contributed by atoms with Gasteiger partial charge in [0, 0.05) is 0 Å². The van der Waals surface area contributed by atoms with Gasteiger partial charge in [0.2, 0.25) is 0 Å². The number of amides is 1. The zero-order chi connectivity index (χ0) is 11.3. The largest absolute Gasteiger partial charge is 0.453 e. The van der Waals surface area contributed by atoms with Crippen LogP contribution in [0.2, 0.25) is 0 Å². The molecule has 0 aliphatic carbocycles. The number of methoxy groups -OCH3 is 1. The van der Waals surface area contributed by atoms with Gasteiger partial charge in [-0.3, -0.25) is 5.32 Å². The fourth-order valence-electron chi connectivity index (χ4n) is 0.907. The number of alkyl carbamates (subject to hydrolysis) is 1. The first-order valence-corrected chi connectivity index (χ1v) is 4.86. The van der Waals surface area contributed by atoms with Crippen molar-refractivity contribution in [2.24, 2.45) is 0 Å². The van der Waals surface area contributed by atoms with E-state index in [9.17, 15) is 4.79 Å². The van der Waals surface area contributed by atoms with Crippen LogP contribution < -0.4 is 5.32 Å². The Bertz CT molecular complexity index is 376. The summed E-state index contributed by atoms with van der Waals surface area (Å²) in [6, 6.07) is 9.06. The molecule has 0 bridgehead atoms. The quantitative estimate of drug-likeness (QED) is 0.814. The number of carbonyl (C=O) groups excluding carboxylic acids is 1. The SMILES string of the molecule is COC(=O)N/C(Cl)=C(/Cl)c1ccccc1. The Morgan fingerprint density at radius 1 is 1.27 bits per heavy atom. The Morgan fingerprint density at radius 2 is 1.87 bits per heavy atom. The van der Waals surface area contributed by atoms with Gasteiger partial charge >= 0.3 is 6.09 Å². The molecule has 0 heterocycles. The number of hydrogen-bond donors (Lipinski definition) is 1. The molecular weight excluding hydrogens is 237 g/mol. The van der Waals surface area contributed by atoms with E-state index in [0.717, 1.165) is 5.56 Å². The van der Waals surface area contributed by atoms with Crippen molar-refractivity contribution in [1.29, 1.82) is 0 Å². The summed E-state index contributed by atoms with van der Waals surface area (Å²) < 4.78 is 4.38. The number of carbonyl (C=O) groups is 1. The average molecular weight is 246 g/mol. The third-order valence-electron chi connectivity index (χ3n) is 1.62. The monoisotopic (exact) mass is 245 g/mol. The van der Waals surface area contributed by atoms with Crippen LogP contribution in [0.5, 0.6) is 0 Å². The van der Waals surface area contributed by atoms with Gasteiger partial charge in [0.05, 0.1) is 12.1 Å². The number of rotatable bonds is 2. The van der Waals surface area contributed by atoms with Gasteiger partial charge in [-0.25, -0.2) is 4.79 Å². The number of benzene rings is 1. The van der Waals surface area contributed by atoms with Crippen LogP contribution >= 0.6 is 23.2 Å². The molecule has 1 amide bonds. The van der Waals surface area contributed by atoms with Gasteiger partial charge in [-0.15, -0.1) is 0 Å². The van der Waals surface area contributed by atoms with Gasteiger partial charge in [-0.2, -0.15) is 0 Å². The van der Waals surface area contributed by atoms with Crippen LogP contribution in [0.25, 0.3) is 5.03 Å². The highest BCUT2D eigenvalue weighted by molar-refractivity contribution is 6.54. The number of hydrogen-bond acceptors (Lipinski definition) is 2. The molecule has 1 aromatic carbocycles. The summed E-state index contributed by atoms with van der Waals surface area (Å²) in [7, 11) is 1.25. The predicted octanol–water partition coefficient (Wildman–Crippen LogP) is 3.15. The Morgan fingerprint density at radius 3 is 2.40 bits per heavy atom. The van der Waals surface area contributed by atoms with E-state index in [1.807, 2.05) is 18.2 Å². The van der Waals surface area contributed by atoms with E-state index in [2.05, 4.69) is 10.1 Å². The Labute approximate surface area is 97.6 Å². The Hall–Kier alpha value is -1.19. The maximum Gasteiger partial charge on any atom is 0.412 e. The van der Waals surface area contributed by atoms with Crippen molar-refractivity contribution in [2.45, 2.75) is 0 Å². The fourth-order valence-corrected chi connectivity index (χ4v) is 1.27. The zero-order valence-corrected chi connectivity index (χ0v) is 9.47. The lowest BCUT2D eigenvalue weighted by Gasteiger charge is -2.05. The van der Waals surface area contributed by atoms with Gasteiger partial charge in [0.15, 0.2) is 0 Å². The van der Waals surface area contributed by atoms with E-state index in [0.29, 0.717) is 0 Å². The number of ether oxygens (including phenoxy) is 1. The first kappa shape index (κ1) is 11.9. The molecule has 0 aromatic heterocycles. The maximum atomic E-state index is 10.8. The molecule has 0 fully saturated rings. The Kier molecular flexibility index (Phi) is 4.46. The summed E-state index contributed by atoms with van der Waals surface area (Å²) in [6.45, 7) is 0. The van der Waals surface area contributed by atoms with E-state index in [1.54, 1.807) is 12.1 Å². The molecule has 1 rings (SSSR count). The average Bonchev–Trinajstić information content (AvgIpc) is 2.29. The molecule has 0 unspecified atom stereocenters. The van der Waals surface area contributed by atoms with Crippen molar-refractivity contribution >= 4 is 34.3 Å². The van der Waals surface area contributed by atoms with Crippen LogP contribution in [-0.4, -0.2) is 13.2 Å².